The van der Waals surface area contributed by atoms with E-state index in [9.17, 15) is 19.2 Å². The molecule has 0 radical (unpaired) electrons. The number of benzene rings is 2. The lowest BCUT2D eigenvalue weighted by molar-refractivity contribution is -0.131. The Labute approximate surface area is 243 Å². The van der Waals surface area contributed by atoms with Crippen molar-refractivity contribution in [3.63, 3.8) is 0 Å². The monoisotopic (exact) mass is 572 g/mol. The first kappa shape index (κ1) is 30.0. The molecular formula is C31H36N6O5. The van der Waals surface area contributed by atoms with Gasteiger partial charge >= 0.3 is 6.09 Å². The Kier molecular flexibility index (Phi) is 10.5. The zero-order valence-corrected chi connectivity index (χ0v) is 23.6. The third kappa shape index (κ3) is 8.53. The first-order chi connectivity index (χ1) is 20.3. The summed E-state index contributed by atoms with van der Waals surface area (Å²) in [6.45, 7) is 3.92. The van der Waals surface area contributed by atoms with Crippen LogP contribution < -0.4 is 16.0 Å². The van der Waals surface area contributed by atoms with Crippen LogP contribution in [0.5, 0.6) is 0 Å². The van der Waals surface area contributed by atoms with Crippen LogP contribution in [-0.2, 0) is 38.6 Å². The summed E-state index contributed by atoms with van der Waals surface area (Å²) < 4.78 is 5.39. The van der Waals surface area contributed by atoms with Gasteiger partial charge in [0.05, 0.1) is 18.1 Å². The van der Waals surface area contributed by atoms with Crippen LogP contribution in [0.1, 0.15) is 37.1 Å². The molecule has 11 heteroatoms. The van der Waals surface area contributed by atoms with E-state index in [1.807, 2.05) is 68.4 Å². The van der Waals surface area contributed by atoms with E-state index in [1.165, 1.54) is 6.33 Å². The number of para-hydroxylation sites is 1. The highest BCUT2D eigenvalue weighted by Crippen LogP contribution is 2.19. The van der Waals surface area contributed by atoms with Crippen molar-refractivity contribution in [3.8, 4) is 0 Å². The fourth-order valence-corrected chi connectivity index (χ4v) is 4.67. The highest BCUT2D eigenvalue weighted by atomic mass is 16.5. The number of rotatable bonds is 14. The van der Waals surface area contributed by atoms with Gasteiger partial charge in [-0.25, -0.2) is 9.78 Å². The molecule has 0 aliphatic heterocycles. The van der Waals surface area contributed by atoms with E-state index in [-0.39, 0.29) is 25.4 Å². The lowest BCUT2D eigenvalue weighted by Gasteiger charge is -2.24. The minimum absolute atomic E-state index is 0.0290. The van der Waals surface area contributed by atoms with Crippen molar-refractivity contribution in [2.45, 2.75) is 57.8 Å². The predicted octanol–water partition coefficient (Wildman–Crippen LogP) is 3.19. The molecule has 0 unspecified atom stereocenters. The molecule has 0 spiro atoms. The number of nitrogens with zero attached hydrogens (tertiary/aromatic N) is 1. The smallest absolute Gasteiger partial charge is 0.408 e. The number of H-pyrrole nitrogens is 2. The topological polar surface area (TPSA) is 158 Å². The van der Waals surface area contributed by atoms with Gasteiger partial charge in [-0.3, -0.25) is 9.59 Å². The predicted molar refractivity (Wildman–Crippen MR) is 157 cm³/mol. The number of aldehydes is 1. The first-order valence-corrected chi connectivity index (χ1v) is 13.9. The molecule has 0 aliphatic carbocycles. The van der Waals surface area contributed by atoms with Gasteiger partial charge < -0.3 is 35.4 Å². The van der Waals surface area contributed by atoms with E-state index in [0.717, 1.165) is 22.0 Å². The van der Waals surface area contributed by atoms with Crippen molar-refractivity contribution in [3.05, 3.63) is 90.1 Å². The van der Waals surface area contributed by atoms with Crippen LogP contribution in [0.4, 0.5) is 4.79 Å². The molecule has 2 heterocycles. The lowest BCUT2D eigenvalue weighted by atomic mass is 10.0. The standard InChI is InChI=1S/C31H36N6O5/c1-20(2)12-24(17-38)35-29(39)28(14-23-16-32-19-34-23)36-30(40)27(13-22-15-33-26-11-7-6-10-25(22)26)37-31(41)42-18-21-8-4-3-5-9-21/h3-11,15-17,19-20,24,27-28,33H,12-14,18H2,1-2H3,(H,32,34)(H,35,39)(H,36,40)(H,37,41)/t24-,27-,28-/m0/s1. The van der Waals surface area contributed by atoms with Gasteiger partial charge in [-0.2, -0.15) is 0 Å². The van der Waals surface area contributed by atoms with E-state index >= 15 is 0 Å². The number of hydrogen-bond donors (Lipinski definition) is 5. The van der Waals surface area contributed by atoms with Crippen LogP contribution in [0.3, 0.4) is 0 Å². The molecule has 42 heavy (non-hydrogen) atoms. The van der Waals surface area contributed by atoms with E-state index < -0.39 is 36.0 Å². The van der Waals surface area contributed by atoms with Crippen molar-refractivity contribution in [1.29, 1.82) is 0 Å². The number of aromatic nitrogens is 3. The van der Waals surface area contributed by atoms with Gasteiger partial charge in [0, 0.05) is 36.1 Å². The van der Waals surface area contributed by atoms with E-state index in [1.54, 1.807) is 12.4 Å². The number of amides is 3. The molecule has 5 N–H and O–H groups in total. The molecule has 3 atom stereocenters. The second-order valence-electron chi connectivity index (χ2n) is 10.5. The summed E-state index contributed by atoms with van der Waals surface area (Å²) in [5.41, 5.74) is 3.04. The molecule has 2 aromatic heterocycles. The summed E-state index contributed by atoms with van der Waals surface area (Å²) in [7, 11) is 0. The number of carbonyl (C=O) groups excluding carboxylic acids is 4. The molecule has 4 rings (SSSR count). The maximum Gasteiger partial charge on any atom is 0.408 e. The van der Waals surface area contributed by atoms with Gasteiger partial charge in [-0.1, -0.05) is 62.4 Å². The van der Waals surface area contributed by atoms with Crippen LogP contribution in [0.15, 0.2) is 73.3 Å². The van der Waals surface area contributed by atoms with Crippen LogP contribution >= 0.6 is 0 Å². The van der Waals surface area contributed by atoms with Crippen LogP contribution in [-0.4, -0.2) is 57.3 Å². The molecule has 220 valence electrons. The zero-order valence-electron chi connectivity index (χ0n) is 23.6. The number of aromatic amines is 2. The molecule has 2 aromatic carbocycles. The number of carbonyl (C=O) groups is 4. The summed E-state index contributed by atoms with van der Waals surface area (Å²) >= 11 is 0. The van der Waals surface area contributed by atoms with Gasteiger partial charge in [-0.05, 0) is 29.5 Å². The van der Waals surface area contributed by atoms with Crippen molar-refractivity contribution in [1.82, 2.24) is 30.9 Å². The van der Waals surface area contributed by atoms with Crippen molar-refractivity contribution in [2.75, 3.05) is 0 Å². The number of imidazole rings is 1. The summed E-state index contributed by atoms with van der Waals surface area (Å²) in [6, 6.07) is 14.0. The number of ether oxygens (including phenoxy) is 1. The number of hydrogen-bond acceptors (Lipinski definition) is 6. The van der Waals surface area contributed by atoms with Crippen molar-refractivity contribution < 1.29 is 23.9 Å². The van der Waals surface area contributed by atoms with Gasteiger partial charge in [0.1, 0.15) is 25.0 Å². The Balaban J connectivity index is 1.53. The number of alkyl carbamates (subject to hydrolysis) is 1. The Hall–Kier alpha value is -4.93. The zero-order chi connectivity index (χ0) is 29.9. The van der Waals surface area contributed by atoms with Gasteiger partial charge in [0.2, 0.25) is 11.8 Å². The lowest BCUT2D eigenvalue weighted by Crippen LogP contribution is -2.56. The number of nitrogens with one attached hydrogen (secondary N) is 5. The Morgan fingerprint density at radius 3 is 2.33 bits per heavy atom. The first-order valence-electron chi connectivity index (χ1n) is 13.9. The quantitative estimate of drug-likeness (QED) is 0.146. The van der Waals surface area contributed by atoms with Crippen LogP contribution in [0.25, 0.3) is 10.9 Å². The van der Waals surface area contributed by atoms with Gasteiger partial charge in [-0.15, -0.1) is 0 Å². The maximum atomic E-state index is 13.7. The molecule has 0 saturated heterocycles. The van der Waals surface area contributed by atoms with E-state index in [0.29, 0.717) is 18.4 Å². The molecule has 11 nitrogen and oxygen atoms in total. The molecule has 0 aliphatic rings. The summed E-state index contributed by atoms with van der Waals surface area (Å²) in [4.78, 5) is 61.7. The molecule has 3 amide bonds. The second-order valence-corrected chi connectivity index (χ2v) is 10.5. The van der Waals surface area contributed by atoms with Crippen molar-refractivity contribution >= 4 is 35.1 Å². The summed E-state index contributed by atoms with van der Waals surface area (Å²) in [6.07, 6.45) is 5.47. The molecule has 0 saturated carbocycles. The second kappa shape index (κ2) is 14.6. The fraction of sp³-hybridized carbons (Fsp3) is 0.323. The third-order valence-electron chi connectivity index (χ3n) is 6.74. The minimum Gasteiger partial charge on any atom is -0.445 e. The Bertz CT molecular complexity index is 1470. The van der Waals surface area contributed by atoms with E-state index in [2.05, 4.69) is 30.9 Å². The third-order valence-corrected chi connectivity index (χ3v) is 6.74. The van der Waals surface area contributed by atoms with Crippen molar-refractivity contribution in [2.24, 2.45) is 5.92 Å². The van der Waals surface area contributed by atoms with E-state index in [4.69, 9.17) is 4.74 Å². The summed E-state index contributed by atoms with van der Waals surface area (Å²) in [5.74, 6) is -0.938. The number of fused-ring (bicyclic) bond motifs is 1. The minimum atomic E-state index is -1.07. The summed E-state index contributed by atoms with van der Waals surface area (Å²) in [5, 5.41) is 9.08. The average Bonchev–Trinajstić information content (AvgIpc) is 3.65. The molecule has 0 fully saturated rings. The Morgan fingerprint density at radius 2 is 1.62 bits per heavy atom. The largest absolute Gasteiger partial charge is 0.445 e. The van der Waals surface area contributed by atoms with Gasteiger partial charge in [0.25, 0.3) is 0 Å². The molecule has 0 bridgehead atoms. The molecule has 4 aromatic rings. The highest BCUT2D eigenvalue weighted by Gasteiger charge is 2.30. The van der Waals surface area contributed by atoms with Gasteiger partial charge in [0.15, 0.2) is 0 Å². The average molecular weight is 573 g/mol. The fourth-order valence-electron chi connectivity index (χ4n) is 4.67. The highest BCUT2D eigenvalue weighted by molar-refractivity contribution is 5.93. The van der Waals surface area contributed by atoms with Crippen LogP contribution in [0, 0.1) is 5.92 Å². The SMILES string of the molecule is CC(C)C[C@@H](C=O)NC(=O)[C@H](Cc1c[nH]cn1)NC(=O)[C@H](Cc1c[nH]c2ccccc12)NC(=O)OCc1ccccc1. The maximum absolute atomic E-state index is 13.7. The normalized spacial score (nSPS) is 13.2. The Morgan fingerprint density at radius 1 is 0.905 bits per heavy atom. The molecular weight excluding hydrogens is 536 g/mol. The van der Waals surface area contributed by atoms with Crippen LogP contribution in [0.2, 0.25) is 0 Å².